The molecule has 1 aromatic rings. The van der Waals surface area contributed by atoms with E-state index >= 15 is 0 Å². The number of aldehydes is 1. The molecule has 76 valence electrons. The summed E-state index contributed by atoms with van der Waals surface area (Å²) in [6.45, 7) is 6.38. The fraction of sp³-hybridized carbons (Fsp3) is 0.462. The van der Waals surface area contributed by atoms with E-state index in [4.69, 9.17) is 0 Å². The summed E-state index contributed by atoms with van der Waals surface area (Å²) in [5, 5.41) is 0. The zero-order valence-corrected chi connectivity index (χ0v) is 9.26. The van der Waals surface area contributed by atoms with E-state index < -0.39 is 0 Å². The fourth-order valence-corrected chi connectivity index (χ4v) is 1.95. The summed E-state index contributed by atoms with van der Waals surface area (Å²) in [5.41, 5.74) is 4.75. The zero-order chi connectivity index (χ0) is 10.6. The minimum Gasteiger partial charge on any atom is -0.298 e. The van der Waals surface area contributed by atoms with Gasteiger partial charge in [-0.15, -0.1) is 0 Å². The van der Waals surface area contributed by atoms with Crippen LogP contribution in [0.3, 0.4) is 0 Å². The largest absolute Gasteiger partial charge is 0.298 e. The molecule has 1 aromatic carbocycles. The standard InChI is InChI=1S/C13H18O/c1-4-6-11-7-8-12(9-14)10(3)13(11)5-2/h7-9H,4-6H2,1-3H3. The maximum absolute atomic E-state index is 10.8. The van der Waals surface area contributed by atoms with Gasteiger partial charge in [-0.25, -0.2) is 0 Å². The molecule has 0 bridgehead atoms. The second-order valence-corrected chi connectivity index (χ2v) is 3.64. The highest BCUT2D eigenvalue weighted by Crippen LogP contribution is 2.19. The predicted octanol–water partition coefficient (Wildman–Crippen LogP) is 3.32. The summed E-state index contributed by atoms with van der Waals surface area (Å²) in [6, 6.07) is 4.03. The van der Waals surface area contributed by atoms with Crippen LogP contribution in [0, 0.1) is 6.92 Å². The Bertz CT molecular complexity index is 326. The molecular weight excluding hydrogens is 172 g/mol. The third-order valence-electron chi connectivity index (χ3n) is 2.74. The molecule has 0 heterocycles. The Morgan fingerprint density at radius 1 is 1.29 bits per heavy atom. The number of hydrogen-bond acceptors (Lipinski definition) is 1. The van der Waals surface area contributed by atoms with Crippen molar-refractivity contribution in [3.8, 4) is 0 Å². The van der Waals surface area contributed by atoms with Crippen molar-refractivity contribution < 1.29 is 4.79 Å². The molecule has 0 radical (unpaired) electrons. The first-order chi connectivity index (χ1) is 6.74. The van der Waals surface area contributed by atoms with Crippen LogP contribution in [0.5, 0.6) is 0 Å². The molecule has 0 aliphatic rings. The van der Waals surface area contributed by atoms with Crippen molar-refractivity contribution in [3.05, 3.63) is 34.4 Å². The average molecular weight is 190 g/mol. The second kappa shape index (κ2) is 4.94. The highest BCUT2D eigenvalue weighted by molar-refractivity contribution is 5.78. The van der Waals surface area contributed by atoms with Gasteiger partial charge in [-0.1, -0.05) is 32.4 Å². The Hall–Kier alpha value is -1.11. The molecule has 0 aliphatic carbocycles. The Balaban J connectivity index is 3.20. The highest BCUT2D eigenvalue weighted by Gasteiger charge is 2.06. The van der Waals surface area contributed by atoms with E-state index in [0.717, 1.165) is 36.7 Å². The van der Waals surface area contributed by atoms with Crippen LogP contribution in [-0.2, 0) is 12.8 Å². The Morgan fingerprint density at radius 2 is 2.00 bits per heavy atom. The fourth-order valence-electron chi connectivity index (χ4n) is 1.95. The van der Waals surface area contributed by atoms with E-state index in [1.807, 2.05) is 13.0 Å². The number of benzene rings is 1. The van der Waals surface area contributed by atoms with Crippen molar-refractivity contribution in [2.45, 2.75) is 40.0 Å². The molecule has 0 aliphatic heterocycles. The molecule has 1 heteroatoms. The number of aryl methyl sites for hydroxylation is 1. The maximum Gasteiger partial charge on any atom is 0.150 e. The summed E-state index contributed by atoms with van der Waals surface area (Å²) in [5.74, 6) is 0. The lowest BCUT2D eigenvalue weighted by atomic mass is 9.93. The van der Waals surface area contributed by atoms with Gasteiger partial charge in [0, 0.05) is 5.56 Å². The van der Waals surface area contributed by atoms with Crippen molar-refractivity contribution >= 4 is 6.29 Å². The molecular formula is C13H18O. The highest BCUT2D eigenvalue weighted by atomic mass is 16.1. The van der Waals surface area contributed by atoms with Gasteiger partial charge in [0.2, 0.25) is 0 Å². The number of rotatable bonds is 4. The van der Waals surface area contributed by atoms with E-state index in [1.54, 1.807) is 0 Å². The Kier molecular flexibility index (Phi) is 3.87. The quantitative estimate of drug-likeness (QED) is 0.666. The maximum atomic E-state index is 10.8. The summed E-state index contributed by atoms with van der Waals surface area (Å²) in [7, 11) is 0. The topological polar surface area (TPSA) is 17.1 Å². The molecule has 1 rings (SSSR count). The average Bonchev–Trinajstić information content (AvgIpc) is 2.19. The molecule has 0 N–H and O–H groups in total. The predicted molar refractivity (Wildman–Crippen MR) is 59.9 cm³/mol. The molecule has 0 aromatic heterocycles. The summed E-state index contributed by atoms with van der Waals surface area (Å²) < 4.78 is 0. The normalized spacial score (nSPS) is 10.2. The summed E-state index contributed by atoms with van der Waals surface area (Å²) >= 11 is 0. The van der Waals surface area contributed by atoms with Crippen molar-refractivity contribution in [3.63, 3.8) is 0 Å². The first-order valence-corrected chi connectivity index (χ1v) is 5.31. The molecule has 1 nitrogen and oxygen atoms in total. The lowest BCUT2D eigenvalue weighted by molar-refractivity contribution is 0.112. The van der Waals surface area contributed by atoms with Crippen molar-refractivity contribution in [1.82, 2.24) is 0 Å². The number of carbonyl (C=O) groups excluding carboxylic acids is 1. The van der Waals surface area contributed by atoms with E-state index in [1.165, 1.54) is 11.1 Å². The van der Waals surface area contributed by atoms with E-state index in [-0.39, 0.29) is 0 Å². The molecule has 0 saturated heterocycles. The van der Waals surface area contributed by atoms with Crippen LogP contribution >= 0.6 is 0 Å². The van der Waals surface area contributed by atoms with E-state index in [2.05, 4.69) is 19.9 Å². The third-order valence-corrected chi connectivity index (χ3v) is 2.74. The Labute approximate surface area is 86.1 Å². The van der Waals surface area contributed by atoms with Crippen LogP contribution < -0.4 is 0 Å². The monoisotopic (exact) mass is 190 g/mol. The van der Waals surface area contributed by atoms with E-state index in [0.29, 0.717) is 0 Å². The van der Waals surface area contributed by atoms with Crippen molar-refractivity contribution in [1.29, 1.82) is 0 Å². The zero-order valence-electron chi connectivity index (χ0n) is 9.26. The van der Waals surface area contributed by atoms with Gasteiger partial charge in [-0.3, -0.25) is 4.79 Å². The second-order valence-electron chi connectivity index (χ2n) is 3.64. The van der Waals surface area contributed by atoms with Gasteiger partial charge < -0.3 is 0 Å². The Morgan fingerprint density at radius 3 is 2.50 bits per heavy atom. The van der Waals surface area contributed by atoms with Crippen molar-refractivity contribution in [2.75, 3.05) is 0 Å². The van der Waals surface area contributed by atoms with Crippen LogP contribution in [0.2, 0.25) is 0 Å². The van der Waals surface area contributed by atoms with Crippen LogP contribution in [0.15, 0.2) is 12.1 Å². The minimum atomic E-state index is 0.835. The van der Waals surface area contributed by atoms with Gasteiger partial charge in [0.05, 0.1) is 0 Å². The van der Waals surface area contributed by atoms with Gasteiger partial charge in [0.15, 0.2) is 0 Å². The van der Waals surface area contributed by atoms with Crippen LogP contribution in [-0.4, -0.2) is 6.29 Å². The van der Waals surface area contributed by atoms with Gasteiger partial charge in [0.25, 0.3) is 0 Å². The molecule has 0 unspecified atom stereocenters. The number of hydrogen-bond donors (Lipinski definition) is 0. The minimum absolute atomic E-state index is 0.835. The van der Waals surface area contributed by atoms with Gasteiger partial charge in [-0.2, -0.15) is 0 Å². The van der Waals surface area contributed by atoms with Crippen LogP contribution in [0.25, 0.3) is 0 Å². The molecule has 0 saturated carbocycles. The first kappa shape index (κ1) is 11.0. The van der Waals surface area contributed by atoms with Gasteiger partial charge in [0.1, 0.15) is 6.29 Å². The smallest absolute Gasteiger partial charge is 0.150 e. The number of carbonyl (C=O) groups is 1. The molecule has 0 fully saturated rings. The first-order valence-electron chi connectivity index (χ1n) is 5.31. The lowest BCUT2D eigenvalue weighted by Crippen LogP contribution is -1.99. The SMILES string of the molecule is CCCc1ccc(C=O)c(C)c1CC. The van der Waals surface area contributed by atoms with Crippen LogP contribution in [0.4, 0.5) is 0 Å². The van der Waals surface area contributed by atoms with Crippen LogP contribution in [0.1, 0.15) is 47.3 Å². The molecule has 14 heavy (non-hydrogen) atoms. The van der Waals surface area contributed by atoms with Crippen molar-refractivity contribution in [2.24, 2.45) is 0 Å². The molecule has 0 amide bonds. The summed E-state index contributed by atoms with van der Waals surface area (Å²) in [6.07, 6.45) is 4.24. The van der Waals surface area contributed by atoms with Gasteiger partial charge >= 0.3 is 0 Å². The van der Waals surface area contributed by atoms with E-state index in [9.17, 15) is 4.79 Å². The molecule has 0 spiro atoms. The lowest BCUT2D eigenvalue weighted by Gasteiger charge is -2.11. The van der Waals surface area contributed by atoms with Gasteiger partial charge in [-0.05, 0) is 36.5 Å². The molecule has 0 atom stereocenters. The third kappa shape index (κ3) is 2.03. The summed E-state index contributed by atoms with van der Waals surface area (Å²) in [4.78, 5) is 10.8.